The molecule has 0 aliphatic carbocycles. The molecule has 1 aliphatic heterocycles. The molecule has 1 unspecified atom stereocenters. The SMILES string of the molecule is CC(C)c1ncncc1C(=O)NC1CCCNCC1.Cl. The van der Waals surface area contributed by atoms with E-state index < -0.39 is 0 Å². The second-order valence-electron chi connectivity index (χ2n) is 5.33. The van der Waals surface area contributed by atoms with Crippen molar-refractivity contribution in [1.29, 1.82) is 0 Å². The third kappa shape index (κ3) is 4.42. The van der Waals surface area contributed by atoms with Gasteiger partial charge in [0.15, 0.2) is 0 Å². The first-order valence-electron chi connectivity index (χ1n) is 7.00. The number of hydrogen-bond acceptors (Lipinski definition) is 4. The molecule has 2 N–H and O–H groups in total. The van der Waals surface area contributed by atoms with Gasteiger partial charge < -0.3 is 10.6 Å². The van der Waals surface area contributed by atoms with Crippen molar-refractivity contribution in [1.82, 2.24) is 20.6 Å². The molecular weight excluding hydrogens is 276 g/mol. The fourth-order valence-corrected chi connectivity index (χ4v) is 2.40. The van der Waals surface area contributed by atoms with Crippen molar-refractivity contribution < 1.29 is 4.79 Å². The molecule has 5 nitrogen and oxygen atoms in total. The van der Waals surface area contributed by atoms with Crippen molar-refractivity contribution in [3.63, 3.8) is 0 Å². The van der Waals surface area contributed by atoms with E-state index in [-0.39, 0.29) is 30.3 Å². The van der Waals surface area contributed by atoms with Gasteiger partial charge in [-0.3, -0.25) is 4.79 Å². The van der Waals surface area contributed by atoms with Gasteiger partial charge >= 0.3 is 0 Å². The quantitative estimate of drug-likeness (QED) is 0.894. The highest BCUT2D eigenvalue weighted by Crippen LogP contribution is 2.16. The Balaban J connectivity index is 0.00000200. The highest BCUT2D eigenvalue weighted by Gasteiger charge is 2.19. The van der Waals surface area contributed by atoms with Crippen LogP contribution in [0, 0.1) is 0 Å². The summed E-state index contributed by atoms with van der Waals surface area (Å²) in [5.41, 5.74) is 1.42. The molecule has 0 saturated carbocycles. The van der Waals surface area contributed by atoms with Crippen LogP contribution in [0.25, 0.3) is 0 Å². The summed E-state index contributed by atoms with van der Waals surface area (Å²) in [5.74, 6) is 0.177. The molecule has 1 fully saturated rings. The summed E-state index contributed by atoms with van der Waals surface area (Å²) in [6.45, 7) is 6.08. The minimum atomic E-state index is -0.0452. The van der Waals surface area contributed by atoms with Crippen molar-refractivity contribution in [2.24, 2.45) is 0 Å². The standard InChI is InChI=1S/C14H22N4O.ClH/c1-10(2)13-12(8-16-9-17-13)14(19)18-11-4-3-6-15-7-5-11;/h8-11,15H,3-7H2,1-2H3,(H,18,19);1H. The molecule has 0 radical (unpaired) electrons. The predicted octanol–water partition coefficient (Wildman–Crippen LogP) is 1.89. The molecule has 1 aliphatic rings. The number of rotatable bonds is 3. The Labute approximate surface area is 126 Å². The highest BCUT2D eigenvalue weighted by molar-refractivity contribution is 5.95. The summed E-state index contributed by atoms with van der Waals surface area (Å²) in [6.07, 6.45) is 6.24. The molecule has 2 rings (SSSR count). The maximum Gasteiger partial charge on any atom is 0.254 e. The molecule has 2 heterocycles. The summed E-state index contributed by atoms with van der Waals surface area (Å²) in [4.78, 5) is 20.5. The first-order chi connectivity index (χ1) is 9.18. The Morgan fingerprint density at radius 2 is 2.20 bits per heavy atom. The zero-order valence-corrected chi connectivity index (χ0v) is 12.9. The Hall–Kier alpha value is -1.20. The third-order valence-corrected chi connectivity index (χ3v) is 3.45. The lowest BCUT2D eigenvalue weighted by molar-refractivity contribution is 0.0932. The van der Waals surface area contributed by atoms with Gasteiger partial charge in [0.1, 0.15) is 6.33 Å². The lowest BCUT2D eigenvalue weighted by Gasteiger charge is -2.17. The van der Waals surface area contributed by atoms with Crippen molar-refractivity contribution >= 4 is 18.3 Å². The molecule has 0 bridgehead atoms. The van der Waals surface area contributed by atoms with Gasteiger partial charge in [0.2, 0.25) is 0 Å². The minimum Gasteiger partial charge on any atom is -0.349 e. The molecule has 1 atom stereocenters. The van der Waals surface area contributed by atoms with Gasteiger partial charge in [0, 0.05) is 12.2 Å². The maximum absolute atomic E-state index is 12.3. The maximum atomic E-state index is 12.3. The zero-order valence-electron chi connectivity index (χ0n) is 12.1. The van der Waals surface area contributed by atoms with Gasteiger partial charge in [-0.15, -0.1) is 12.4 Å². The van der Waals surface area contributed by atoms with Crippen LogP contribution in [0.1, 0.15) is 55.1 Å². The van der Waals surface area contributed by atoms with Crippen LogP contribution < -0.4 is 10.6 Å². The van der Waals surface area contributed by atoms with Gasteiger partial charge in [-0.1, -0.05) is 13.8 Å². The van der Waals surface area contributed by atoms with E-state index in [9.17, 15) is 4.79 Å². The van der Waals surface area contributed by atoms with Crippen LogP contribution in [-0.4, -0.2) is 35.0 Å². The Morgan fingerprint density at radius 3 is 2.95 bits per heavy atom. The number of hydrogen-bond donors (Lipinski definition) is 2. The van der Waals surface area contributed by atoms with Crippen molar-refractivity contribution in [2.75, 3.05) is 13.1 Å². The van der Waals surface area contributed by atoms with Crippen LogP contribution in [-0.2, 0) is 0 Å². The molecule has 1 aromatic rings. The Bertz CT molecular complexity index is 431. The van der Waals surface area contributed by atoms with E-state index in [4.69, 9.17) is 0 Å². The minimum absolute atomic E-state index is 0. The number of aromatic nitrogens is 2. The van der Waals surface area contributed by atoms with Crippen LogP contribution in [0.2, 0.25) is 0 Å². The van der Waals surface area contributed by atoms with Gasteiger partial charge in [-0.2, -0.15) is 0 Å². The zero-order chi connectivity index (χ0) is 13.7. The second kappa shape index (κ2) is 8.17. The van der Waals surface area contributed by atoms with E-state index in [1.807, 2.05) is 13.8 Å². The second-order valence-corrected chi connectivity index (χ2v) is 5.33. The van der Waals surface area contributed by atoms with Crippen LogP contribution in [0.4, 0.5) is 0 Å². The lowest BCUT2D eigenvalue weighted by Crippen LogP contribution is -2.36. The first kappa shape index (κ1) is 16.9. The monoisotopic (exact) mass is 298 g/mol. The van der Waals surface area contributed by atoms with Crippen LogP contribution >= 0.6 is 12.4 Å². The van der Waals surface area contributed by atoms with E-state index >= 15 is 0 Å². The van der Waals surface area contributed by atoms with E-state index in [0.29, 0.717) is 5.56 Å². The van der Waals surface area contributed by atoms with E-state index in [1.54, 1.807) is 6.20 Å². The van der Waals surface area contributed by atoms with Crippen molar-refractivity contribution in [3.8, 4) is 0 Å². The smallest absolute Gasteiger partial charge is 0.254 e. The molecular formula is C14H23ClN4O. The lowest BCUT2D eigenvalue weighted by atomic mass is 10.0. The van der Waals surface area contributed by atoms with Crippen LogP contribution in [0.3, 0.4) is 0 Å². The van der Waals surface area contributed by atoms with Gasteiger partial charge in [-0.25, -0.2) is 9.97 Å². The predicted molar refractivity (Wildman–Crippen MR) is 81.3 cm³/mol. The summed E-state index contributed by atoms with van der Waals surface area (Å²) >= 11 is 0. The van der Waals surface area contributed by atoms with Gasteiger partial charge in [0.25, 0.3) is 5.91 Å². The van der Waals surface area contributed by atoms with E-state index in [0.717, 1.165) is 38.0 Å². The van der Waals surface area contributed by atoms with Crippen molar-refractivity contribution in [3.05, 3.63) is 23.8 Å². The fraction of sp³-hybridized carbons (Fsp3) is 0.643. The number of carbonyl (C=O) groups is 1. The van der Waals surface area contributed by atoms with Crippen LogP contribution in [0.5, 0.6) is 0 Å². The molecule has 1 saturated heterocycles. The molecule has 112 valence electrons. The number of carbonyl (C=O) groups excluding carboxylic acids is 1. The van der Waals surface area contributed by atoms with Crippen LogP contribution in [0.15, 0.2) is 12.5 Å². The third-order valence-electron chi connectivity index (χ3n) is 3.45. The number of nitrogens with one attached hydrogen (secondary N) is 2. The largest absolute Gasteiger partial charge is 0.349 e. The topological polar surface area (TPSA) is 66.9 Å². The number of nitrogens with zero attached hydrogens (tertiary/aromatic N) is 2. The Morgan fingerprint density at radius 1 is 1.40 bits per heavy atom. The first-order valence-corrected chi connectivity index (χ1v) is 7.00. The Kier molecular flexibility index (Phi) is 6.88. The van der Waals surface area contributed by atoms with Gasteiger partial charge in [0.05, 0.1) is 11.3 Å². The van der Waals surface area contributed by atoms with E-state index in [2.05, 4.69) is 20.6 Å². The number of halogens is 1. The average Bonchev–Trinajstić information content (AvgIpc) is 2.67. The number of amides is 1. The molecule has 1 amide bonds. The summed E-state index contributed by atoms with van der Waals surface area (Å²) < 4.78 is 0. The molecule has 0 aromatic carbocycles. The van der Waals surface area contributed by atoms with E-state index in [1.165, 1.54) is 6.33 Å². The molecule has 6 heteroatoms. The summed E-state index contributed by atoms with van der Waals surface area (Å²) in [5, 5.41) is 6.46. The normalized spacial score (nSPS) is 19.1. The average molecular weight is 299 g/mol. The van der Waals surface area contributed by atoms with Gasteiger partial charge in [-0.05, 0) is 38.3 Å². The summed E-state index contributed by atoms with van der Waals surface area (Å²) in [7, 11) is 0. The molecule has 1 aromatic heterocycles. The highest BCUT2D eigenvalue weighted by atomic mass is 35.5. The molecule has 20 heavy (non-hydrogen) atoms. The molecule has 0 spiro atoms. The fourth-order valence-electron chi connectivity index (χ4n) is 2.40. The van der Waals surface area contributed by atoms with Crippen molar-refractivity contribution in [2.45, 2.75) is 45.1 Å². The summed E-state index contributed by atoms with van der Waals surface area (Å²) in [6, 6.07) is 0.253.